The zero-order valence-corrected chi connectivity index (χ0v) is 13.7. The third kappa shape index (κ3) is 4.09. The Morgan fingerprint density at radius 1 is 1.17 bits per heavy atom. The van der Waals surface area contributed by atoms with Crippen LogP contribution in [-0.2, 0) is 11.2 Å². The van der Waals surface area contributed by atoms with Crippen molar-refractivity contribution in [1.82, 2.24) is 0 Å². The number of hydrogen-bond donors (Lipinski definition) is 1. The predicted molar refractivity (Wildman–Crippen MR) is 90.3 cm³/mol. The maximum Gasteiger partial charge on any atom is 0.265 e. The lowest BCUT2D eigenvalue weighted by atomic mass is 10.1. The van der Waals surface area contributed by atoms with Crippen molar-refractivity contribution in [2.45, 2.75) is 39.7 Å². The van der Waals surface area contributed by atoms with Crippen molar-refractivity contribution in [3.8, 4) is 5.75 Å². The highest BCUT2D eigenvalue weighted by Crippen LogP contribution is 2.23. The number of benzene rings is 2. The van der Waals surface area contributed by atoms with Gasteiger partial charge in [-0.15, -0.1) is 0 Å². The number of aryl methyl sites for hydroxylation is 2. The van der Waals surface area contributed by atoms with Gasteiger partial charge in [-0.25, -0.2) is 4.39 Å². The first-order valence-corrected chi connectivity index (χ1v) is 7.87. The van der Waals surface area contributed by atoms with Gasteiger partial charge in [0.15, 0.2) is 17.7 Å². The molecule has 0 spiro atoms. The average Bonchev–Trinajstić information content (AvgIpc) is 2.55. The number of amides is 1. The van der Waals surface area contributed by atoms with Crippen molar-refractivity contribution in [3.05, 3.63) is 59.4 Å². The van der Waals surface area contributed by atoms with Crippen LogP contribution in [0.25, 0.3) is 0 Å². The van der Waals surface area contributed by atoms with Gasteiger partial charge in [0.25, 0.3) is 5.91 Å². The summed E-state index contributed by atoms with van der Waals surface area (Å²) in [6.45, 7) is 5.83. The summed E-state index contributed by atoms with van der Waals surface area (Å²) < 4.78 is 19.3. The molecule has 2 aromatic rings. The van der Waals surface area contributed by atoms with E-state index >= 15 is 0 Å². The van der Waals surface area contributed by atoms with Gasteiger partial charge >= 0.3 is 0 Å². The Labute approximate surface area is 136 Å². The van der Waals surface area contributed by atoms with E-state index in [1.807, 2.05) is 39.0 Å². The van der Waals surface area contributed by atoms with Crippen LogP contribution in [0.3, 0.4) is 0 Å². The largest absolute Gasteiger partial charge is 0.478 e. The molecule has 0 aromatic heterocycles. The summed E-state index contributed by atoms with van der Waals surface area (Å²) in [5.74, 6) is -0.640. The zero-order chi connectivity index (χ0) is 16.8. The van der Waals surface area contributed by atoms with E-state index in [-0.39, 0.29) is 11.7 Å². The molecule has 0 aliphatic carbocycles. The summed E-state index contributed by atoms with van der Waals surface area (Å²) in [4.78, 5) is 12.5. The van der Waals surface area contributed by atoms with Gasteiger partial charge in [0.2, 0.25) is 0 Å². The fourth-order valence-electron chi connectivity index (χ4n) is 2.42. The van der Waals surface area contributed by atoms with Crippen LogP contribution in [-0.4, -0.2) is 12.0 Å². The van der Waals surface area contributed by atoms with E-state index < -0.39 is 11.9 Å². The maximum absolute atomic E-state index is 13.7. The number of nitrogens with one attached hydrogen (secondary N) is 1. The van der Waals surface area contributed by atoms with E-state index in [2.05, 4.69) is 5.32 Å². The molecule has 3 nitrogen and oxygen atoms in total. The summed E-state index contributed by atoms with van der Waals surface area (Å²) in [6, 6.07) is 12.0. The minimum Gasteiger partial charge on any atom is -0.478 e. The molecule has 0 saturated carbocycles. The molecule has 0 saturated heterocycles. The highest BCUT2D eigenvalue weighted by atomic mass is 19.1. The van der Waals surface area contributed by atoms with Crippen LogP contribution in [0.1, 0.15) is 31.4 Å². The monoisotopic (exact) mass is 315 g/mol. The number of para-hydroxylation sites is 2. The molecule has 1 N–H and O–H groups in total. The highest BCUT2D eigenvalue weighted by Gasteiger charge is 2.21. The molecule has 0 heterocycles. The van der Waals surface area contributed by atoms with Crippen molar-refractivity contribution >= 4 is 11.6 Å². The van der Waals surface area contributed by atoms with Crippen LogP contribution in [0.2, 0.25) is 0 Å². The molecule has 0 aliphatic heterocycles. The van der Waals surface area contributed by atoms with Crippen molar-refractivity contribution in [2.75, 3.05) is 5.32 Å². The first-order chi connectivity index (χ1) is 11.1. The Morgan fingerprint density at radius 2 is 1.91 bits per heavy atom. The number of halogens is 1. The van der Waals surface area contributed by atoms with Crippen LogP contribution < -0.4 is 10.1 Å². The molecule has 1 amide bonds. The third-order valence-electron chi connectivity index (χ3n) is 3.76. The smallest absolute Gasteiger partial charge is 0.265 e. The molecule has 2 rings (SSSR count). The lowest BCUT2D eigenvalue weighted by Crippen LogP contribution is -2.33. The molecule has 4 heteroatoms. The lowest BCUT2D eigenvalue weighted by Gasteiger charge is -2.19. The fourth-order valence-corrected chi connectivity index (χ4v) is 2.42. The van der Waals surface area contributed by atoms with Crippen molar-refractivity contribution in [2.24, 2.45) is 0 Å². The van der Waals surface area contributed by atoms with Crippen molar-refractivity contribution in [1.29, 1.82) is 0 Å². The summed E-state index contributed by atoms with van der Waals surface area (Å²) in [6.07, 6.45) is 0.534. The van der Waals surface area contributed by atoms with Gasteiger partial charge in [0.1, 0.15) is 0 Å². The second-order valence-corrected chi connectivity index (χ2v) is 5.40. The molecule has 23 heavy (non-hydrogen) atoms. The van der Waals surface area contributed by atoms with Crippen LogP contribution in [0.15, 0.2) is 42.5 Å². The Morgan fingerprint density at radius 3 is 2.57 bits per heavy atom. The van der Waals surface area contributed by atoms with E-state index in [1.165, 1.54) is 12.1 Å². The van der Waals surface area contributed by atoms with E-state index in [0.717, 1.165) is 23.2 Å². The van der Waals surface area contributed by atoms with Crippen molar-refractivity contribution in [3.63, 3.8) is 0 Å². The van der Waals surface area contributed by atoms with Gasteiger partial charge < -0.3 is 10.1 Å². The third-order valence-corrected chi connectivity index (χ3v) is 3.76. The van der Waals surface area contributed by atoms with Crippen molar-refractivity contribution < 1.29 is 13.9 Å². The molecule has 0 radical (unpaired) electrons. The number of hydrogen-bond acceptors (Lipinski definition) is 2. The van der Waals surface area contributed by atoms with Crippen LogP contribution >= 0.6 is 0 Å². The Hall–Kier alpha value is -2.36. The molecular weight excluding hydrogens is 293 g/mol. The van der Waals surface area contributed by atoms with E-state index in [4.69, 9.17) is 4.74 Å². The molecule has 0 aliphatic rings. The summed E-state index contributed by atoms with van der Waals surface area (Å²) in [5, 5.41) is 2.93. The first-order valence-electron chi connectivity index (χ1n) is 7.87. The minimum atomic E-state index is -0.740. The quantitative estimate of drug-likeness (QED) is 0.853. The van der Waals surface area contributed by atoms with Crippen LogP contribution in [0.5, 0.6) is 5.75 Å². The number of rotatable bonds is 6. The van der Waals surface area contributed by atoms with Crippen LogP contribution in [0.4, 0.5) is 10.1 Å². The summed E-state index contributed by atoms with van der Waals surface area (Å²) in [5.41, 5.74) is 2.88. The number of carbonyl (C=O) groups excluding carboxylic acids is 1. The number of carbonyl (C=O) groups is 1. The first kappa shape index (κ1) is 17.0. The molecule has 0 bridgehead atoms. The molecule has 2 aromatic carbocycles. The summed E-state index contributed by atoms with van der Waals surface area (Å²) in [7, 11) is 0. The Kier molecular flexibility index (Phi) is 5.74. The standard InChI is InChI=1S/C19H22FNO2/c1-4-14-10-8-9-13(3)18(14)21-19(22)16(5-2)23-17-12-7-6-11-15(17)20/h6-12,16H,4-5H2,1-3H3,(H,21,22)/t16-/m1/s1. The van der Waals surface area contributed by atoms with E-state index in [0.29, 0.717) is 6.42 Å². The van der Waals surface area contributed by atoms with Gasteiger partial charge in [-0.1, -0.05) is 44.2 Å². The lowest BCUT2D eigenvalue weighted by molar-refractivity contribution is -0.122. The van der Waals surface area contributed by atoms with E-state index in [1.54, 1.807) is 12.1 Å². The van der Waals surface area contributed by atoms with E-state index in [9.17, 15) is 9.18 Å². The molecule has 0 unspecified atom stereocenters. The summed E-state index contributed by atoms with van der Waals surface area (Å²) >= 11 is 0. The SMILES string of the molecule is CCc1cccc(C)c1NC(=O)[C@@H](CC)Oc1ccccc1F. The maximum atomic E-state index is 13.7. The molecule has 122 valence electrons. The zero-order valence-electron chi connectivity index (χ0n) is 13.7. The minimum absolute atomic E-state index is 0.0926. The predicted octanol–water partition coefficient (Wildman–Crippen LogP) is 4.49. The number of anilines is 1. The topological polar surface area (TPSA) is 38.3 Å². The van der Waals surface area contributed by atoms with Gasteiger partial charge in [-0.2, -0.15) is 0 Å². The fraction of sp³-hybridized carbons (Fsp3) is 0.316. The van der Waals surface area contributed by atoms with Crippen LogP contribution in [0, 0.1) is 12.7 Å². The Balaban J connectivity index is 2.17. The highest BCUT2D eigenvalue weighted by molar-refractivity contribution is 5.95. The van der Waals surface area contributed by atoms with Gasteiger partial charge in [-0.05, 0) is 43.0 Å². The second kappa shape index (κ2) is 7.77. The van der Waals surface area contributed by atoms with Gasteiger partial charge in [-0.3, -0.25) is 4.79 Å². The molecular formula is C19H22FNO2. The van der Waals surface area contributed by atoms with Gasteiger partial charge in [0, 0.05) is 5.69 Å². The number of ether oxygens (including phenoxy) is 1. The Bertz CT molecular complexity index is 685. The average molecular weight is 315 g/mol. The van der Waals surface area contributed by atoms with Gasteiger partial charge in [0.05, 0.1) is 0 Å². The molecule has 1 atom stereocenters. The normalized spacial score (nSPS) is 11.8. The second-order valence-electron chi connectivity index (χ2n) is 5.40. The molecule has 0 fully saturated rings.